The molecule has 0 atom stereocenters. The van der Waals surface area contributed by atoms with E-state index in [9.17, 15) is 8.78 Å². The Bertz CT molecular complexity index is 277. The summed E-state index contributed by atoms with van der Waals surface area (Å²) < 4.78 is 24.8. The normalized spacial score (nSPS) is 10.1. The van der Waals surface area contributed by atoms with Crippen molar-refractivity contribution in [3.8, 4) is 5.75 Å². The molecule has 0 aliphatic rings. The predicted molar refractivity (Wildman–Crippen MR) is 37.4 cm³/mol. The van der Waals surface area contributed by atoms with E-state index in [0.717, 1.165) is 0 Å². The van der Waals surface area contributed by atoms with Gasteiger partial charge >= 0.3 is 0 Å². The third-order valence-corrected chi connectivity index (χ3v) is 1.56. The molecule has 1 aromatic rings. The Labute approximate surface area is 66.2 Å². The Hall–Kier alpha value is -1.03. The number of hydrogen-bond donors (Lipinski definition) is 2. The number of phenolic OH excluding ortho intramolecular Hbond substituents is 1. The van der Waals surface area contributed by atoms with Gasteiger partial charge in [0.15, 0.2) is 11.6 Å². The first kappa shape index (κ1) is 8.07. The molecule has 0 unspecified atom stereocenters. The Morgan fingerprint density at radius 2 is 2.00 bits per heavy atom. The van der Waals surface area contributed by atoms with Crippen LogP contribution in [-0.2, 0) is 0 Å². The highest BCUT2D eigenvalue weighted by molar-refractivity contribution is 6.34. The number of halogens is 3. The summed E-state index contributed by atoms with van der Waals surface area (Å²) >= 11 is 5.27. The molecule has 5 heteroatoms. The van der Waals surface area contributed by atoms with Crippen LogP contribution in [0.3, 0.4) is 0 Å². The van der Waals surface area contributed by atoms with E-state index in [0.29, 0.717) is 6.07 Å². The van der Waals surface area contributed by atoms with Crippen molar-refractivity contribution in [2.45, 2.75) is 0 Å². The fraction of sp³-hybridized carbons (Fsp3) is 0. The molecule has 0 aliphatic heterocycles. The highest BCUT2D eigenvalue weighted by atomic mass is 35.5. The van der Waals surface area contributed by atoms with Gasteiger partial charge in [0, 0.05) is 6.07 Å². The van der Waals surface area contributed by atoms with Crippen molar-refractivity contribution in [3.05, 3.63) is 22.7 Å². The predicted octanol–water partition coefficient (Wildman–Crippen LogP) is 1.91. The second-order valence-electron chi connectivity index (χ2n) is 1.92. The minimum absolute atomic E-state index is 0.192. The molecule has 0 amide bonds. The zero-order valence-electron chi connectivity index (χ0n) is 5.24. The lowest BCUT2D eigenvalue weighted by atomic mass is 10.3. The molecule has 0 fully saturated rings. The monoisotopic (exact) mass is 179 g/mol. The van der Waals surface area contributed by atoms with Gasteiger partial charge in [0.2, 0.25) is 5.82 Å². The van der Waals surface area contributed by atoms with Gasteiger partial charge in [-0.15, -0.1) is 0 Å². The lowest BCUT2D eigenvalue weighted by molar-refractivity contribution is 0.408. The van der Waals surface area contributed by atoms with Gasteiger partial charge in [0.05, 0.1) is 5.69 Å². The molecule has 0 heterocycles. The number of aromatic hydroxyl groups is 1. The van der Waals surface area contributed by atoms with Crippen LogP contribution in [0.1, 0.15) is 0 Å². The quantitative estimate of drug-likeness (QED) is 0.472. The van der Waals surface area contributed by atoms with Crippen LogP contribution in [-0.4, -0.2) is 5.11 Å². The van der Waals surface area contributed by atoms with Crippen molar-refractivity contribution in [2.24, 2.45) is 0 Å². The summed E-state index contributed by atoms with van der Waals surface area (Å²) in [6.07, 6.45) is 0. The van der Waals surface area contributed by atoms with Crippen LogP contribution in [0.2, 0.25) is 5.02 Å². The first-order valence-corrected chi connectivity index (χ1v) is 3.03. The van der Waals surface area contributed by atoms with Gasteiger partial charge < -0.3 is 10.8 Å². The van der Waals surface area contributed by atoms with Crippen LogP contribution in [0.4, 0.5) is 14.5 Å². The molecule has 0 aromatic heterocycles. The van der Waals surface area contributed by atoms with E-state index in [1.807, 2.05) is 0 Å². The van der Waals surface area contributed by atoms with Crippen LogP contribution < -0.4 is 5.73 Å². The zero-order chi connectivity index (χ0) is 8.59. The molecule has 0 spiro atoms. The molecule has 0 bridgehead atoms. The van der Waals surface area contributed by atoms with Gasteiger partial charge in [-0.2, -0.15) is 4.39 Å². The van der Waals surface area contributed by atoms with E-state index >= 15 is 0 Å². The molecular formula is C6H4ClF2NO. The standard InChI is InChI=1S/C6H4ClF2NO/c7-4-3(10)1-2(8)5(9)6(4)11/h1,11H,10H2. The van der Waals surface area contributed by atoms with Gasteiger partial charge in [0.25, 0.3) is 0 Å². The minimum atomic E-state index is -1.38. The highest BCUT2D eigenvalue weighted by Crippen LogP contribution is 2.33. The summed E-state index contributed by atoms with van der Waals surface area (Å²) in [5, 5.41) is 8.37. The lowest BCUT2D eigenvalue weighted by Gasteiger charge is -2.01. The van der Waals surface area contributed by atoms with Gasteiger partial charge in [-0.1, -0.05) is 11.6 Å². The average molecular weight is 180 g/mol. The fourth-order valence-corrected chi connectivity index (χ4v) is 0.747. The number of benzene rings is 1. The molecule has 60 valence electrons. The lowest BCUT2D eigenvalue weighted by Crippen LogP contribution is -1.92. The number of phenols is 1. The van der Waals surface area contributed by atoms with E-state index in [1.165, 1.54) is 0 Å². The largest absolute Gasteiger partial charge is 0.504 e. The Morgan fingerprint density at radius 3 is 2.55 bits per heavy atom. The third kappa shape index (κ3) is 1.21. The van der Waals surface area contributed by atoms with Gasteiger partial charge in [-0.25, -0.2) is 4.39 Å². The second-order valence-corrected chi connectivity index (χ2v) is 2.30. The van der Waals surface area contributed by atoms with Crippen molar-refractivity contribution >= 4 is 17.3 Å². The number of rotatable bonds is 0. The van der Waals surface area contributed by atoms with Crippen LogP contribution in [0.5, 0.6) is 5.75 Å². The summed E-state index contributed by atoms with van der Waals surface area (Å²) in [5.41, 5.74) is 4.90. The first-order valence-electron chi connectivity index (χ1n) is 2.66. The van der Waals surface area contributed by atoms with Crippen molar-refractivity contribution in [3.63, 3.8) is 0 Å². The molecule has 1 rings (SSSR count). The van der Waals surface area contributed by atoms with Gasteiger partial charge in [-0.3, -0.25) is 0 Å². The van der Waals surface area contributed by atoms with Crippen LogP contribution in [0.15, 0.2) is 6.07 Å². The fourth-order valence-electron chi connectivity index (χ4n) is 0.609. The van der Waals surface area contributed by atoms with E-state index in [4.69, 9.17) is 22.4 Å². The molecule has 0 aliphatic carbocycles. The third-order valence-electron chi connectivity index (χ3n) is 1.16. The van der Waals surface area contributed by atoms with Crippen LogP contribution in [0, 0.1) is 11.6 Å². The van der Waals surface area contributed by atoms with E-state index in [1.54, 1.807) is 0 Å². The maximum absolute atomic E-state index is 12.4. The minimum Gasteiger partial charge on any atom is -0.504 e. The van der Waals surface area contributed by atoms with Crippen molar-refractivity contribution in [1.82, 2.24) is 0 Å². The SMILES string of the molecule is Nc1cc(F)c(F)c(O)c1Cl. The highest BCUT2D eigenvalue weighted by Gasteiger charge is 2.14. The van der Waals surface area contributed by atoms with Crippen molar-refractivity contribution in [1.29, 1.82) is 0 Å². The van der Waals surface area contributed by atoms with Crippen molar-refractivity contribution in [2.75, 3.05) is 5.73 Å². The molecule has 0 saturated carbocycles. The zero-order valence-corrected chi connectivity index (χ0v) is 5.99. The molecular weight excluding hydrogens is 176 g/mol. The number of anilines is 1. The second kappa shape index (κ2) is 2.54. The molecule has 2 nitrogen and oxygen atoms in total. The molecule has 0 radical (unpaired) electrons. The Morgan fingerprint density at radius 1 is 1.45 bits per heavy atom. The molecule has 3 N–H and O–H groups in total. The number of nitrogen functional groups attached to an aromatic ring is 1. The maximum Gasteiger partial charge on any atom is 0.202 e. The van der Waals surface area contributed by atoms with Crippen LogP contribution in [0.25, 0.3) is 0 Å². The van der Waals surface area contributed by atoms with Crippen LogP contribution >= 0.6 is 11.6 Å². The molecule has 11 heavy (non-hydrogen) atoms. The smallest absolute Gasteiger partial charge is 0.202 e. The molecule has 1 aromatic carbocycles. The average Bonchev–Trinajstić information content (AvgIpc) is 1.97. The summed E-state index contributed by atoms with van der Waals surface area (Å²) in [7, 11) is 0. The Kier molecular flexibility index (Phi) is 1.87. The maximum atomic E-state index is 12.4. The first-order chi connectivity index (χ1) is 5.04. The summed E-state index contributed by atoms with van der Waals surface area (Å²) in [6, 6.07) is 0.706. The van der Waals surface area contributed by atoms with Gasteiger partial charge in [0.1, 0.15) is 5.02 Å². The van der Waals surface area contributed by atoms with E-state index in [2.05, 4.69) is 0 Å². The number of hydrogen-bond acceptors (Lipinski definition) is 2. The topological polar surface area (TPSA) is 46.2 Å². The van der Waals surface area contributed by atoms with Gasteiger partial charge in [-0.05, 0) is 0 Å². The van der Waals surface area contributed by atoms with E-state index in [-0.39, 0.29) is 10.7 Å². The number of nitrogens with two attached hydrogens (primary N) is 1. The van der Waals surface area contributed by atoms with Crippen molar-refractivity contribution < 1.29 is 13.9 Å². The summed E-state index contributed by atoms with van der Waals surface area (Å²) in [4.78, 5) is 0. The Balaban J connectivity index is 3.46. The molecule has 0 saturated heterocycles. The summed E-state index contributed by atoms with van der Waals surface area (Å²) in [5.74, 6) is -3.56. The summed E-state index contributed by atoms with van der Waals surface area (Å²) in [6.45, 7) is 0. The van der Waals surface area contributed by atoms with E-state index < -0.39 is 17.4 Å².